The molecule has 3 nitrogen and oxygen atoms in total. The van der Waals surface area contributed by atoms with Gasteiger partial charge in [-0.05, 0) is 43.2 Å². The van der Waals surface area contributed by atoms with Crippen molar-refractivity contribution in [2.75, 3.05) is 0 Å². The molecule has 0 unspecified atom stereocenters. The van der Waals surface area contributed by atoms with E-state index in [1.807, 2.05) is 29.7 Å². The van der Waals surface area contributed by atoms with E-state index in [9.17, 15) is 9.50 Å². The van der Waals surface area contributed by atoms with Gasteiger partial charge in [0, 0.05) is 6.54 Å². The highest BCUT2D eigenvalue weighted by molar-refractivity contribution is 5.82. The third-order valence-corrected chi connectivity index (χ3v) is 3.57. The summed E-state index contributed by atoms with van der Waals surface area (Å²) in [6.07, 6.45) is 0.904. The minimum Gasteiger partial charge on any atom is -0.507 e. The van der Waals surface area contributed by atoms with E-state index in [-0.39, 0.29) is 11.6 Å². The van der Waals surface area contributed by atoms with E-state index in [1.165, 1.54) is 6.07 Å². The Bertz CT molecular complexity index is 808. The van der Waals surface area contributed by atoms with Crippen LogP contribution in [-0.2, 0) is 6.54 Å². The first kappa shape index (κ1) is 13.6. The summed E-state index contributed by atoms with van der Waals surface area (Å²) >= 11 is 0. The summed E-state index contributed by atoms with van der Waals surface area (Å²) in [4.78, 5) is 4.42. The number of phenolic OH excluding ortho intramolecular Hbond substituents is 1. The van der Waals surface area contributed by atoms with Gasteiger partial charge in [0.25, 0.3) is 0 Å². The van der Waals surface area contributed by atoms with Gasteiger partial charge in [-0.3, -0.25) is 0 Å². The van der Waals surface area contributed by atoms with Crippen LogP contribution in [0.25, 0.3) is 22.4 Å². The molecule has 1 aromatic heterocycles. The molecule has 0 spiro atoms. The Labute approximate surface area is 122 Å². The van der Waals surface area contributed by atoms with Gasteiger partial charge in [-0.15, -0.1) is 0 Å². The number of para-hydroxylation sites is 1. The maximum Gasteiger partial charge on any atom is 0.151 e. The predicted molar refractivity (Wildman–Crippen MR) is 81.8 cm³/mol. The van der Waals surface area contributed by atoms with E-state index in [2.05, 4.69) is 11.9 Å². The van der Waals surface area contributed by atoms with Crippen molar-refractivity contribution in [2.45, 2.75) is 26.8 Å². The van der Waals surface area contributed by atoms with Crippen molar-refractivity contribution in [1.29, 1.82) is 0 Å². The number of fused-ring (bicyclic) bond motifs is 1. The second-order valence-corrected chi connectivity index (χ2v) is 5.22. The third-order valence-electron chi connectivity index (χ3n) is 3.57. The van der Waals surface area contributed by atoms with Crippen molar-refractivity contribution in [2.24, 2.45) is 0 Å². The molecular weight excluding hydrogens is 267 g/mol. The van der Waals surface area contributed by atoms with Crippen LogP contribution in [0.1, 0.15) is 18.9 Å². The maximum atomic E-state index is 14.0. The molecule has 1 N–H and O–H groups in total. The van der Waals surface area contributed by atoms with E-state index in [0.717, 1.165) is 24.0 Å². The molecule has 0 radical (unpaired) electrons. The minimum absolute atomic E-state index is 0.170. The highest BCUT2D eigenvalue weighted by Crippen LogP contribution is 2.32. The van der Waals surface area contributed by atoms with Crippen molar-refractivity contribution in [1.82, 2.24) is 9.55 Å². The molecule has 0 aliphatic heterocycles. The summed E-state index contributed by atoms with van der Waals surface area (Å²) in [6, 6.07) is 10.4. The second-order valence-electron chi connectivity index (χ2n) is 5.22. The van der Waals surface area contributed by atoms with E-state index in [1.54, 1.807) is 12.1 Å². The zero-order valence-electron chi connectivity index (χ0n) is 12.1. The number of aryl methyl sites for hydroxylation is 2. The molecule has 0 saturated carbocycles. The van der Waals surface area contributed by atoms with Crippen LogP contribution >= 0.6 is 0 Å². The maximum absolute atomic E-state index is 14.0. The molecule has 3 rings (SSSR count). The number of nitrogens with zero attached hydrogens (tertiary/aromatic N) is 2. The molecule has 0 amide bonds. The average Bonchev–Trinajstić information content (AvgIpc) is 2.80. The molecule has 0 bridgehead atoms. The largest absolute Gasteiger partial charge is 0.507 e. The normalized spacial score (nSPS) is 11.2. The molecule has 2 aromatic carbocycles. The molecule has 0 aliphatic carbocycles. The number of rotatable bonds is 3. The van der Waals surface area contributed by atoms with Crippen molar-refractivity contribution >= 4 is 11.0 Å². The van der Waals surface area contributed by atoms with Gasteiger partial charge < -0.3 is 9.67 Å². The summed E-state index contributed by atoms with van der Waals surface area (Å²) in [6.45, 7) is 4.70. The Kier molecular flexibility index (Phi) is 3.37. The van der Waals surface area contributed by atoms with Crippen molar-refractivity contribution in [3.05, 3.63) is 47.8 Å². The predicted octanol–water partition coefficient (Wildman–Crippen LogP) is 4.27. The molecular formula is C17H17FN2O. The lowest BCUT2D eigenvalue weighted by molar-refractivity contribution is 0.476. The fraction of sp³-hybridized carbons (Fsp3) is 0.235. The van der Waals surface area contributed by atoms with Gasteiger partial charge in [0.15, 0.2) is 5.82 Å². The number of hydrogen-bond acceptors (Lipinski definition) is 2. The van der Waals surface area contributed by atoms with Gasteiger partial charge >= 0.3 is 0 Å². The van der Waals surface area contributed by atoms with Gasteiger partial charge in [-0.2, -0.15) is 0 Å². The number of hydrogen-bond donors (Lipinski definition) is 1. The fourth-order valence-corrected chi connectivity index (χ4v) is 2.60. The third kappa shape index (κ3) is 2.27. The van der Waals surface area contributed by atoms with E-state index >= 15 is 0 Å². The Morgan fingerprint density at radius 3 is 2.76 bits per heavy atom. The first-order valence-corrected chi connectivity index (χ1v) is 7.06. The smallest absolute Gasteiger partial charge is 0.151 e. The molecule has 0 atom stereocenters. The molecule has 1 heterocycles. The molecule has 0 aliphatic rings. The minimum atomic E-state index is -0.338. The van der Waals surface area contributed by atoms with Crippen LogP contribution in [0.15, 0.2) is 36.4 Å². The lowest BCUT2D eigenvalue weighted by Gasteiger charge is -2.09. The Morgan fingerprint density at radius 2 is 2.05 bits per heavy atom. The molecule has 108 valence electrons. The summed E-state index contributed by atoms with van der Waals surface area (Å²) in [5, 5.41) is 10.2. The van der Waals surface area contributed by atoms with E-state index in [4.69, 9.17) is 0 Å². The quantitative estimate of drug-likeness (QED) is 0.780. The van der Waals surface area contributed by atoms with Crippen LogP contribution in [0.5, 0.6) is 5.75 Å². The van der Waals surface area contributed by atoms with Gasteiger partial charge in [-0.25, -0.2) is 9.37 Å². The number of benzene rings is 2. The first-order chi connectivity index (χ1) is 10.1. The zero-order chi connectivity index (χ0) is 15.0. The van der Waals surface area contributed by atoms with E-state index < -0.39 is 0 Å². The fourth-order valence-electron chi connectivity index (χ4n) is 2.60. The highest BCUT2D eigenvalue weighted by Gasteiger charge is 2.17. The van der Waals surface area contributed by atoms with Gasteiger partial charge in [0.1, 0.15) is 17.1 Å². The van der Waals surface area contributed by atoms with Gasteiger partial charge in [-0.1, -0.05) is 19.1 Å². The highest BCUT2D eigenvalue weighted by atomic mass is 19.1. The van der Waals surface area contributed by atoms with Gasteiger partial charge in [0.05, 0.1) is 11.1 Å². The van der Waals surface area contributed by atoms with Crippen LogP contribution in [0, 0.1) is 12.7 Å². The Balaban J connectivity index is 2.30. The summed E-state index contributed by atoms with van der Waals surface area (Å²) in [5.74, 6) is 0.438. The van der Waals surface area contributed by atoms with Crippen LogP contribution < -0.4 is 0 Å². The SMILES string of the molecule is CCCn1c(-c2ccc(C)cc2O)nc2c(F)cccc21. The van der Waals surface area contributed by atoms with E-state index in [0.29, 0.717) is 16.9 Å². The molecule has 0 saturated heterocycles. The lowest BCUT2D eigenvalue weighted by Crippen LogP contribution is -2.00. The zero-order valence-corrected chi connectivity index (χ0v) is 12.1. The van der Waals surface area contributed by atoms with Gasteiger partial charge in [0.2, 0.25) is 0 Å². The number of phenols is 1. The lowest BCUT2D eigenvalue weighted by atomic mass is 10.1. The van der Waals surface area contributed by atoms with Crippen LogP contribution in [0.3, 0.4) is 0 Å². The topological polar surface area (TPSA) is 38.0 Å². The number of aromatic hydroxyl groups is 1. The van der Waals surface area contributed by atoms with Crippen LogP contribution in [-0.4, -0.2) is 14.7 Å². The van der Waals surface area contributed by atoms with Crippen molar-refractivity contribution < 1.29 is 9.50 Å². The second kappa shape index (κ2) is 5.20. The molecule has 21 heavy (non-hydrogen) atoms. The summed E-state index contributed by atoms with van der Waals surface area (Å²) in [7, 11) is 0. The number of aromatic nitrogens is 2. The van der Waals surface area contributed by atoms with Crippen LogP contribution in [0.4, 0.5) is 4.39 Å². The molecule has 4 heteroatoms. The molecule has 3 aromatic rings. The summed E-state index contributed by atoms with van der Waals surface area (Å²) < 4.78 is 15.9. The average molecular weight is 284 g/mol. The first-order valence-electron chi connectivity index (χ1n) is 7.06. The standard InChI is InChI=1S/C17H17FN2O/c1-3-9-20-14-6-4-5-13(18)16(14)19-17(20)12-8-7-11(2)10-15(12)21/h4-8,10,21H,3,9H2,1-2H3. The Morgan fingerprint density at radius 1 is 1.24 bits per heavy atom. The number of imidazole rings is 1. The number of halogens is 1. The van der Waals surface area contributed by atoms with Crippen LogP contribution in [0.2, 0.25) is 0 Å². The summed E-state index contributed by atoms with van der Waals surface area (Å²) in [5.41, 5.74) is 2.71. The monoisotopic (exact) mass is 284 g/mol. The van der Waals surface area contributed by atoms with Crippen molar-refractivity contribution in [3.8, 4) is 17.1 Å². The Hall–Kier alpha value is -2.36. The van der Waals surface area contributed by atoms with Crippen molar-refractivity contribution in [3.63, 3.8) is 0 Å². The molecule has 0 fully saturated rings.